The highest BCUT2D eigenvalue weighted by Crippen LogP contribution is 2.14. The van der Waals surface area contributed by atoms with E-state index in [4.69, 9.17) is 11.5 Å². The Labute approximate surface area is 223 Å². The van der Waals surface area contributed by atoms with E-state index >= 15 is 0 Å². The van der Waals surface area contributed by atoms with Gasteiger partial charge in [-0.2, -0.15) is 4.98 Å². The number of nitrogens with one attached hydrogen (secondary N) is 1. The molecule has 1 aromatic carbocycles. The minimum Gasteiger partial charge on any atom is -0.339 e. The SMILES string of the molecule is CC(C)(N)CC(=O)N1CCN(C(=O)Nc2ccn(-c3ccc(CCN4CCC(N)CC4)cc3)c(=O)n2)CC1. The van der Waals surface area contributed by atoms with E-state index in [0.29, 0.717) is 32.2 Å². The maximum absolute atomic E-state index is 12.7. The lowest BCUT2D eigenvalue weighted by atomic mass is 10.0. The summed E-state index contributed by atoms with van der Waals surface area (Å²) >= 11 is 0. The third-order valence-corrected chi connectivity index (χ3v) is 7.13. The first-order valence-corrected chi connectivity index (χ1v) is 13.4. The number of nitrogens with zero attached hydrogens (tertiary/aromatic N) is 5. The number of nitrogens with two attached hydrogens (primary N) is 2. The van der Waals surface area contributed by atoms with E-state index in [1.54, 1.807) is 22.1 Å². The van der Waals surface area contributed by atoms with E-state index in [2.05, 4.69) is 15.2 Å². The number of hydrogen-bond donors (Lipinski definition) is 3. The molecule has 2 aromatic rings. The zero-order valence-electron chi connectivity index (χ0n) is 22.4. The van der Waals surface area contributed by atoms with Crippen LogP contribution in [0.4, 0.5) is 10.6 Å². The summed E-state index contributed by atoms with van der Waals surface area (Å²) in [7, 11) is 0. The van der Waals surface area contributed by atoms with Crippen molar-refractivity contribution in [2.24, 2.45) is 11.5 Å². The average Bonchev–Trinajstić information content (AvgIpc) is 2.88. The first kappa shape index (κ1) is 27.7. The molecule has 2 saturated heterocycles. The Kier molecular flexibility index (Phi) is 8.80. The molecule has 0 atom stereocenters. The molecular weight excluding hydrogens is 484 g/mol. The summed E-state index contributed by atoms with van der Waals surface area (Å²) in [6, 6.07) is 9.49. The molecule has 0 aliphatic carbocycles. The van der Waals surface area contributed by atoms with E-state index < -0.39 is 11.2 Å². The van der Waals surface area contributed by atoms with Gasteiger partial charge in [0.2, 0.25) is 5.91 Å². The van der Waals surface area contributed by atoms with Crippen molar-refractivity contribution in [3.63, 3.8) is 0 Å². The summed E-state index contributed by atoms with van der Waals surface area (Å²) in [4.78, 5) is 47.6. The van der Waals surface area contributed by atoms with E-state index in [1.165, 1.54) is 10.1 Å². The van der Waals surface area contributed by atoms with Gasteiger partial charge >= 0.3 is 11.7 Å². The van der Waals surface area contributed by atoms with Crippen LogP contribution in [0.1, 0.15) is 38.7 Å². The van der Waals surface area contributed by atoms with Crippen LogP contribution in [0.3, 0.4) is 0 Å². The average molecular weight is 525 g/mol. The molecule has 11 heteroatoms. The summed E-state index contributed by atoms with van der Waals surface area (Å²) in [5, 5.41) is 2.70. The summed E-state index contributed by atoms with van der Waals surface area (Å²) in [5.74, 6) is 0.181. The molecule has 206 valence electrons. The van der Waals surface area contributed by atoms with Crippen molar-refractivity contribution >= 4 is 17.8 Å². The molecule has 0 bridgehead atoms. The molecule has 0 saturated carbocycles. The normalized spacial score (nSPS) is 17.5. The highest BCUT2D eigenvalue weighted by atomic mass is 16.2. The fraction of sp³-hybridized carbons (Fsp3) is 0.556. The van der Waals surface area contributed by atoms with Crippen molar-refractivity contribution in [1.82, 2.24) is 24.3 Å². The van der Waals surface area contributed by atoms with Crippen LogP contribution >= 0.6 is 0 Å². The molecule has 38 heavy (non-hydrogen) atoms. The highest BCUT2D eigenvalue weighted by Gasteiger charge is 2.27. The minimum atomic E-state index is -0.568. The molecule has 0 radical (unpaired) electrons. The number of carbonyl (C=O) groups is 2. The predicted octanol–water partition coefficient (Wildman–Crippen LogP) is 1.00. The van der Waals surface area contributed by atoms with Crippen LogP contribution in [0, 0.1) is 0 Å². The second-order valence-corrected chi connectivity index (χ2v) is 11.0. The standard InChI is InChI=1S/C27H40N8O3/c1-27(2,29)19-24(36)33-15-17-34(18-16-33)25(37)30-23-10-14-35(26(38)31-23)22-5-3-20(4-6-22)7-11-32-12-8-21(28)9-13-32/h3-6,10,14,21H,7-9,11-13,15-19,28-29H2,1-2H3,(H,30,31,37,38). The van der Waals surface area contributed by atoms with Crippen LogP contribution in [0.2, 0.25) is 0 Å². The molecule has 2 aliphatic heterocycles. The third-order valence-electron chi connectivity index (χ3n) is 7.13. The minimum absolute atomic E-state index is 0.0110. The van der Waals surface area contributed by atoms with Crippen molar-refractivity contribution in [3.8, 4) is 5.69 Å². The number of likely N-dealkylation sites (tertiary alicyclic amines) is 1. The molecule has 0 unspecified atom stereocenters. The molecule has 2 fully saturated rings. The Morgan fingerprint density at radius 2 is 1.63 bits per heavy atom. The lowest BCUT2D eigenvalue weighted by Crippen LogP contribution is -2.53. The molecule has 11 nitrogen and oxygen atoms in total. The number of piperidine rings is 1. The summed E-state index contributed by atoms with van der Waals surface area (Å²) in [5.41, 5.74) is 12.8. The Balaban J connectivity index is 1.28. The van der Waals surface area contributed by atoms with Gasteiger partial charge in [-0.15, -0.1) is 0 Å². The van der Waals surface area contributed by atoms with Crippen molar-refractivity contribution in [2.75, 3.05) is 51.1 Å². The quantitative estimate of drug-likeness (QED) is 0.490. The maximum atomic E-state index is 12.7. The molecule has 1 aromatic heterocycles. The van der Waals surface area contributed by atoms with Crippen LogP contribution < -0.4 is 22.5 Å². The van der Waals surface area contributed by atoms with Crippen LogP contribution in [0.15, 0.2) is 41.3 Å². The lowest BCUT2D eigenvalue weighted by Gasteiger charge is -2.35. The fourth-order valence-corrected chi connectivity index (χ4v) is 4.81. The van der Waals surface area contributed by atoms with Crippen molar-refractivity contribution in [3.05, 3.63) is 52.6 Å². The number of amides is 3. The highest BCUT2D eigenvalue weighted by molar-refractivity contribution is 5.88. The molecule has 4 rings (SSSR count). The topological polar surface area (TPSA) is 143 Å². The number of urea groups is 1. The van der Waals surface area contributed by atoms with Crippen LogP contribution in [0.5, 0.6) is 0 Å². The summed E-state index contributed by atoms with van der Waals surface area (Å²) in [6.45, 7) is 8.42. The van der Waals surface area contributed by atoms with Crippen LogP contribution in [-0.4, -0.2) is 93.6 Å². The van der Waals surface area contributed by atoms with E-state index in [1.807, 2.05) is 38.1 Å². The summed E-state index contributed by atoms with van der Waals surface area (Å²) in [6.07, 6.45) is 4.92. The maximum Gasteiger partial charge on any atom is 0.354 e. The van der Waals surface area contributed by atoms with Crippen LogP contribution in [0.25, 0.3) is 5.69 Å². The van der Waals surface area contributed by atoms with E-state index in [9.17, 15) is 14.4 Å². The van der Waals surface area contributed by atoms with E-state index in [0.717, 1.165) is 44.6 Å². The van der Waals surface area contributed by atoms with Gasteiger partial charge in [-0.1, -0.05) is 12.1 Å². The number of aromatic nitrogens is 2. The van der Waals surface area contributed by atoms with Gasteiger partial charge in [0.25, 0.3) is 0 Å². The van der Waals surface area contributed by atoms with Gasteiger partial charge in [-0.3, -0.25) is 14.7 Å². The smallest absolute Gasteiger partial charge is 0.339 e. The van der Waals surface area contributed by atoms with Gasteiger partial charge < -0.3 is 26.2 Å². The van der Waals surface area contributed by atoms with Gasteiger partial charge in [0.15, 0.2) is 0 Å². The number of benzene rings is 1. The number of anilines is 1. The molecule has 5 N–H and O–H groups in total. The largest absolute Gasteiger partial charge is 0.354 e. The van der Waals surface area contributed by atoms with Crippen molar-refractivity contribution < 1.29 is 9.59 Å². The monoisotopic (exact) mass is 524 g/mol. The molecular formula is C27H40N8O3. The van der Waals surface area contributed by atoms with Gasteiger partial charge in [0.05, 0.1) is 5.69 Å². The Morgan fingerprint density at radius 1 is 1.00 bits per heavy atom. The Bertz CT molecular complexity index is 1160. The Hall–Kier alpha value is -3.28. The zero-order valence-corrected chi connectivity index (χ0v) is 22.4. The Morgan fingerprint density at radius 3 is 2.24 bits per heavy atom. The number of piperazine rings is 1. The van der Waals surface area contributed by atoms with E-state index in [-0.39, 0.29) is 24.2 Å². The molecule has 2 aliphatic rings. The number of hydrogen-bond acceptors (Lipinski definition) is 7. The first-order valence-electron chi connectivity index (χ1n) is 13.4. The zero-order chi connectivity index (χ0) is 27.3. The predicted molar refractivity (Wildman–Crippen MR) is 147 cm³/mol. The second kappa shape index (κ2) is 12.1. The summed E-state index contributed by atoms with van der Waals surface area (Å²) < 4.78 is 1.45. The second-order valence-electron chi connectivity index (χ2n) is 11.0. The van der Waals surface area contributed by atoms with Gasteiger partial charge in [0, 0.05) is 56.9 Å². The van der Waals surface area contributed by atoms with Crippen LogP contribution in [-0.2, 0) is 11.2 Å². The number of rotatable bonds is 7. The van der Waals surface area contributed by atoms with Crippen molar-refractivity contribution in [2.45, 2.75) is 51.1 Å². The third kappa shape index (κ3) is 7.62. The van der Waals surface area contributed by atoms with Gasteiger partial charge in [-0.05, 0) is 70.0 Å². The molecule has 0 spiro atoms. The molecule has 3 heterocycles. The molecule has 3 amide bonds. The van der Waals surface area contributed by atoms with Gasteiger partial charge in [-0.25, -0.2) is 9.59 Å². The first-order chi connectivity index (χ1) is 18.1. The fourth-order valence-electron chi connectivity index (χ4n) is 4.81. The number of carbonyl (C=O) groups excluding carboxylic acids is 2. The van der Waals surface area contributed by atoms with Crippen molar-refractivity contribution in [1.29, 1.82) is 0 Å². The van der Waals surface area contributed by atoms with Gasteiger partial charge in [0.1, 0.15) is 5.82 Å². The lowest BCUT2D eigenvalue weighted by molar-refractivity contribution is -0.133.